The third kappa shape index (κ3) is 30.8. The number of unbranched alkanes of at least 4 members (excludes halogenated alkanes) is 1. The Morgan fingerprint density at radius 3 is 1.89 bits per heavy atom. The number of amides is 5. The fraction of sp³-hybridized carbons (Fsp3) is 0.522. The van der Waals surface area contributed by atoms with Crippen LogP contribution >= 0.6 is 23.6 Å². The summed E-state index contributed by atoms with van der Waals surface area (Å²) in [5.74, 6) is -8.23. The van der Waals surface area contributed by atoms with E-state index in [1.165, 1.54) is 24.3 Å². The molecule has 0 spiro atoms. The Hall–Kier alpha value is -9.33. The van der Waals surface area contributed by atoms with Crippen molar-refractivity contribution in [2.24, 2.45) is 5.14 Å². The number of hydrogen-bond acceptors (Lipinski definition) is 27. The van der Waals surface area contributed by atoms with Crippen molar-refractivity contribution in [3.05, 3.63) is 101 Å². The number of thiocarbonyl (C=S) groups is 1. The van der Waals surface area contributed by atoms with Gasteiger partial charge in [0, 0.05) is 95.5 Å². The van der Waals surface area contributed by atoms with Crippen LogP contribution in [0.5, 0.6) is 11.5 Å². The molecule has 5 aromatic rings. The molecule has 5 amide bonds. The van der Waals surface area contributed by atoms with Crippen molar-refractivity contribution >= 4 is 103 Å². The second-order valence-electron chi connectivity index (χ2n) is 25.1. The fourth-order valence-corrected chi connectivity index (χ4v) is 13.1. The molecule has 37 nitrogen and oxygen atoms in total. The second kappa shape index (κ2) is 44.7. The number of benzene rings is 3. The van der Waals surface area contributed by atoms with Crippen molar-refractivity contribution < 1.29 is 101 Å². The number of aldehydes is 1. The molecule has 2 unspecified atom stereocenters. The van der Waals surface area contributed by atoms with Crippen molar-refractivity contribution in [3.8, 4) is 11.5 Å². The predicted octanol–water partition coefficient (Wildman–Crippen LogP) is 0.0468. The van der Waals surface area contributed by atoms with E-state index >= 15 is 0 Å². The van der Waals surface area contributed by atoms with E-state index in [4.69, 9.17) is 36.3 Å². The third-order valence-electron chi connectivity index (χ3n) is 17.2. The van der Waals surface area contributed by atoms with E-state index in [0.717, 1.165) is 11.8 Å². The molecule has 0 radical (unpaired) electrons. The Bertz CT molecular complexity index is 3780. The van der Waals surface area contributed by atoms with E-state index in [2.05, 4.69) is 57.7 Å². The van der Waals surface area contributed by atoms with Crippen LogP contribution in [0, 0.1) is 0 Å². The number of carboxylic acids is 3. The lowest BCUT2D eigenvalue weighted by Gasteiger charge is -2.39. The van der Waals surface area contributed by atoms with Gasteiger partial charge in [-0.25, -0.2) is 23.1 Å². The Morgan fingerprint density at radius 2 is 1.32 bits per heavy atom. The number of phenolic OH excluding ortho intramolecular Hbond substituents is 2. The summed E-state index contributed by atoms with van der Waals surface area (Å²) in [4.78, 5) is 121. The SMILES string of the molecule is COC1CC(Cc2ccc(NC(=S)NCCOCCOCCNC(=O)[C@H](CCCCn3cc(CCCC(=O)Nc4nnc(S(N)(=O)=O)s4)nn3)NC(=O)C[C@H](NC(=O)C[C@H](NC(=O)CCC(C)(c3ccc(O)cc3)c3ccc(O)cc3)C(=O)O)C(=O)O)cc2)N(CC(=O)O)CCN(COCO)CCN1CC=O. The van der Waals surface area contributed by atoms with Crippen LogP contribution in [0.3, 0.4) is 0 Å². The van der Waals surface area contributed by atoms with Crippen LogP contribution in [0.15, 0.2) is 83.3 Å². The number of methoxy groups -OCH3 is 1. The van der Waals surface area contributed by atoms with E-state index < -0.39 is 111 Å². The molecule has 2 aromatic heterocycles. The van der Waals surface area contributed by atoms with E-state index in [9.17, 15) is 82.2 Å². The first-order valence-corrected chi connectivity index (χ1v) is 37.0. The van der Waals surface area contributed by atoms with Crippen LogP contribution < -0.4 is 42.4 Å². The molecule has 15 N–H and O–H groups in total. The van der Waals surface area contributed by atoms with Crippen LogP contribution in [-0.4, -0.2) is 268 Å². The summed E-state index contributed by atoms with van der Waals surface area (Å²) in [5, 5.41) is 98.3. The van der Waals surface area contributed by atoms with Crippen molar-refractivity contribution in [1.29, 1.82) is 0 Å². The van der Waals surface area contributed by atoms with Gasteiger partial charge in [0.15, 0.2) is 5.11 Å². The molecule has 3 heterocycles. The van der Waals surface area contributed by atoms with Gasteiger partial charge in [-0.15, -0.1) is 15.3 Å². The average molecular weight is 1560 g/mol. The van der Waals surface area contributed by atoms with E-state index in [-0.39, 0.29) is 101 Å². The summed E-state index contributed by atoms with van der Waals surface area (Å²) in [5.41, 5.74) is 2.66. The molecule has 1 aliphatic heterocycles. The number of phenols is 2. The van der Waals surface area contributed by atoms with Gasteiger partial charge in [-0.2, -0.15) is 0 Å². The largest absolute Gasteiger partial charge is 0.508 e. The Balaban J connectivity index is 0.962. The average Bonchev–Trinajstić information content (AvgIpc) is 1.38. The number of nitrogens with zero attached hydrogens (tertiary/aromatic N) is 8. The molecule has 40 heteroatoms. The maximum absolute atomic E-state index is 13.7. The zero-order valence-corrected chi connectivity index (χ0v) is 61.7. The molecule has 0 bridgehead atoms. The summed E-state index contributed by atoms with van der Waals surface area (Å²) in [6.45, 7) is 4.34. The number of anilines is 2. The lowest BCUT2D eigenvalue weighted by Crippen LogP contribution is -2.52. The smallest absolute Gasteiger partial charge is 0.326 e. The Kier molecular flexibility index (Phi) is 36.2. The highest BCUT2D eigenvalue weighted by Crippen LogP contribution is 2.38. The molecular weight excluding hydrogens is 1460 g/mol. The predicted molar refractivity (Wildman–Crippen MR) is 389 cm³/mol. The minimum atomic E-state index is -4.09. The summed E-state index contributed by atoms with van der Waals surface area (Å²) in [6, 6.07) is 14.8. The number of aliphatic carboxylic acids is 3. The molecule has 107 heavy (non-hydrogen) atoms. The number of rotatable bonds is 46. The fourth-order valence-electron chi connectivity index (χ4n) is 11.5. The number of aromatic hydroxyl groups is 2. The first-order chi connectivity index (χ1) is 51.1. The van der Waals surface area contributed by atoms with Gasteiger partial charge in [-0.05, 0) is 110 Å². The van der Waals surface area contributed by atoms with Gasteiger partial charge < -0.3 is 91.6 Å². The maximum atomic E-state index is 13.7. The van der Waals surface area contributed by atoms with Gasteiger partial charge in [0.2, 0.25) is 39.0 Å². The summed E-state index contributed by atoms with van der Waals surface area (Å²) < 4.78 is 46.6. The van der Waals surface area contributed by atoms with Gasteiger partial charge in [-0.1, -0.05) is 59.9 Å². The lowest BCUT2D eigenvalue weighted by molar-refractivity contribution is -0.145. The number of aliphatic hydroxyl groups excluding tert-OH is 1. The number of aromatic nitrogens is 5. The Labute approximate surface area is 626 Å². The van der Waals surface area contributed by atoms with Gasteiger partial charge in [-0.3, -0.25) is 48.1 Å². The number of ether oxygens (including phenoxy) is 4. The maximum Gasteiger partial charge on any atom is 0.326 e. The van der Waals surface area contributed by atoms with E-state index in [1.54, 1.807) is 42.3 Å². The zero-order chi connectivity index (χ0) is 77.9. The molecule has 1 fully saturated rings. The minimum absolute atomic E-state index is 0.000302. The molecular formula is C67H94N16O21S3. The lowest BCUT2D eigenvalue weighted by atomic mass is 9.73. The van der Waals surface area contributed by atoms with E-state index in [0.29, 0.717) is 117 Å². The molecule has 0 aliphatic carbocycles. The van der Waals surface area contributed by atoms with Gasteiger partial charge in [0.25, 0.3) is 10.0 Å². The Morgan fingerprint density at radius 1 is 0.720 bits per heavy atom. The van der Waals surface area contributed by atoms with Crippen LogP contribution in [0.25, 0.3) is 0 Å². The number of nitrogens with one attached hydrogen (secondary N) is 7. The van der Waals surface area contributed by atoms with Crippen LogP contribution in [0.2, 0.25) is 0 Å². The molecule has 586 valence electrons. The van der Waals surface area contributed by atoms with Gasteiger partial charge in [0.1, 0.15) is 55.7 Å². The highest BCUT2D eigenvalue weighted by Gasteiger charge is 2.34. The molecule has 0 saturated carbocycles. The first kappa shape index (κ1) is 86.6. The van der Waals surface area contributed by atoms with Gasteiger partial charge >= 0.3 is 17.9 Å². The summed E-state index contributed by atoms with van der Waals surface area (Å²) in [6.07, 6.45) is 2.36. The number of aryl methyl sites for hydroxylation is 2. The van der Waals surface area contributed by atoms with Crippen molar-refractivity contribution in [1.82, 2.24) is 66.5 Å². The highest BCUT2D eigenvalue weighted by molar-refractivity contribution is 7.91. The molecule has 5 atom stereocenters. The summed E-state index contributed by atoms with van der Waals surface area (Å²) in [7, 11) is -2.54. The second-order valence-corrected chi connectivity index (χ2v) is 28.3. The van der Waals surface area contributed by atoms with Crippen LogP contribution in [0.4, 0.5) is 10.8 Å². The van der Waals surface area contributed by atoms with Crippen molar-refractivity contribution in [3.63, 3.8) is 0 Å². The number of sulfonamides is 1. The molecule has 1 aliphatic rings. The number of aliphatic hydroxyl groups is 1. The molecule has 6 rings (SSSR count). The van der Waals surface area contributed by atoms with Crippen LogP contribution in [-0.2, 0) is 96.9 Å². The molecule has 3 aromatic carbocycles. The quantitative estimate of drug-likeness (QED) is 0.00804. The number of carboxylic acid groups (broad SMARTS) is 3. The van der Waals surface area contributed by atoms with Crippen LogP contribution in [0.1, 0.15) is 93.5 Å². The topological polar surface area (TPSA) is 523 Å². The number of primary sulfonamides is 1. The number of carbonyl (C=O) groups excluding carboxylic acids is 6. The van der Waals surface area contributed by atoms with Crippen molar-refractivity contribution in [2.75, 3.05) is 110 Å². The number of carbonyl (C=O) groups is 9. The van der Waals surface area contributed by atoms with E-state index in [1.807, 2.05) is 45.9 Å². The molecule has 1 saturated heterocycles. The number of nitrogens with two attached hydrogens (primary N) is 1. The first-order valence-electron chi connectivity index (χ1n) is 34.3. The van der Waals surface area contributed by atoms with Crippen molar-refractivity contribution in [2.45, 2.75) is 131 Å². The highest BCUT2D eigenvalue weighted by atomic mass is 32.2. The minimum Gasteiger partial charge on any atom is -0.508 e. The monoisotopic (exact) mass is 1550 g/mol. The zero-order valence-electron chi connectivity index (χ0n) is 59.2. The standard InChI is InChI=1S/C67H94N16O21S3/c1-67(45-11-17-50(86)18-12-45,46-13-19-51(87)20-14-46)22-21-56(89)73-53(62(95)96)38-58(91)74-54(63(97)98)39-57(90)72-52(7-3-4-25-83-40-48(76-79-83)6-5-8-55(88)75-65-77-78-66(106-65)107(68,99)100)61(94)69-23-32-102-34-35-103-33-24-70-64(105)71-47-15-9-44(10-16-47)36-49-37-59(101-2)81(30-31-84)28-26-80(42-104-43-85)27-29-82(49)41-60(92)93/h9-20,31,40,49,52-54,59,85-87H,3-8,21-30,32-39,41-43H2,1-2H3,(H,69,94)(H,72,90)(H,73,89)(H,74,91)(H,92,93)(H,95,96)(H,97,98)(H2,68,99,100)(H2,70,71,105)(H,75,77,88)/t49?,52-,53-,54-,59?/m0/s1. The summed E-state index contributed by atoms with van der Waals surface area (Å²) >= 11 is 6.12. The number of hydrogen-bond donors (Lipinski definition) is 14. The third-order valence-corrected chi connectivity index (χ3v) is 19.6. The normalized spacial score (nSPS) is 15.6. The van der Waals surface area contributed by atoms with Gasteiger partial charge in [0.05, 0.1) is 58.1 Å².